The van der Waals surface area contributed by atoms with Gasteiger partial charge in [-0.2, -0.15) is 0 Å². The van der Waals surface area contributed by atoms with Gasteiger partial charge in [0.05, 0.1) is 21.7 Å². The maximum atomic E-state index is 12.2. The summed E-state index contributed by atoms with van der Waals surface area (Å²) < 4.78 is 0. The first-order chi connectivity index (χ1) is 12.0. The van der Waals surface area contributed by atoms with Gasteiger partial charge in [0.2, 0.25) is 5.91 Å². The van der Waals surface area contributed by atoms with E-state index < -0.39 is 10.8 Å². The predicted molar refractivity (Wildman–Crippen MR) is 97.5 cm³/mol. The first kappa shape index (κ1) is 16.6. The van der Waals surface area contributed by atoms with Gasteiger partial charge in [0, 0.05) is 28.7 Å². The predicted octanol–water partition coefficient (Wildman–Crippen LogP) is 4.45. The highest BCUT2D eigenvalue weighted by Crippen LogP contribution is 2.24. The number of nitro groups is 1. The molecule has 0 atom stereocenters. The largest absolute Gasteiger partial charge is 0.322 e. The third kappa shape index (κ3) is 3.81. The van der Waals surface area contributed by atoms with Crippen molar-refractivity contribution in [2.24, 2.45) is 0 Å². The lowest BCUT2D eigenvalue weighted by Crippen LogP contribution is -2.08. The maximum absolute atomic E-state index is 12.2. The Morgan fingerprint density at radius 3 is 2.80 bits per heavy atom. The summed E-state index contributed by atoms with van der Waals surface area (Å²) >= 11 is 5.94. The molecule has 0 unspecified atom stereocenters. The Bertz CT molecular complexity index is 1000. The van der Waals surface area contributed by atoms with Crippen molar-refractivity contribution in [2.75, 3.05) is 5.32 Å². The van der Waals surface area contributed by atoms with Crippen LogP contribution in [0.1, 0.15) is 5.56 Å². The number of carbonyl (C=O) groups excluding carboxylic acids is 1. The molecule has 7 heteroatoms. The topological polar surface area (TPSA) is 85.1 Å². The van der Waals surface area contributed by atoms with Crippen LogP contribution in [0.15, 0.2) is 60.8 Å². The highest BCUT2D eigenvalue weighted by molar-refractivity contribution is 6.31. The average molecular weight is 354 g/mol. The van der Waals surface area contributed by atoms with Gasteiger partial charge < -0.3 is 5.32 Å². The third-order valence-electron chi connectivity index (χ3n) is 3.51. The first-order valence-corrected chi connectivity index (χ1v) is 7.69. The smallest absolute Gasteiger partial charge is 0.276 e. The van der Waals surface area contributed by atoms with Gasteiger partial charge in [-0.25, -0.2) is 0 Å². The van der Waals surface area contributed by atoms with Gasteiger partial charge in [-0.1, -0.05) is 23.7 Å². The summed E-state index contributed by atoms with van der Waals surface area (Å²) in [6.45, 7) is 0. The van der Waals surface area contributed by atoms with Gasteiger partial charge in [-0.3, -0.25) is 19.9 Å². The molecule has 0 aliphatic carbocycles. The van der Waals surface area contributed by atoms with Crippen LogP contribution in [0, 0.1) is 10.1 Å². The number of nitrogens with one attached hydrogen (secondary N) is 1. The van der Waals surface area contributed by atoms with Crippen molar-refractivity contribution in [3.63, 3.8) is 0 Å². The minimum atomic E-state index is -0.488. The van der Waals surface area contributed by atoms with E-state index in [9.17, 15) is 14.9 Å². The van der Waals surface area contributed by atoms with E-state index in [-0.39, 0.29) is 5.69 Å². The van der Waals surface area contributed by atoms with E-state index in [4.69, 9.17) is 11.6 Å². The number of para-hydroxylation sites is 1. The second-order valence-electron chi connectivity index (χ2n) is 5.16. The van der Waals surface area contributed by atoms with Gasteiger partial charge in [-0.05, 0) is 36.4 Å². The summed E-state index contributed by atoms with van der Waals surface area (Å²) in [5.41, 5.74) is 1.54. The Kier molecular flexibility index (Phi) is 4.72. The van der Waals surface area contributed by atoms with Crippen LogP contribution in [0.5, 0.6) is 0 Å². The molecule has 124 valence electrons. The monoisotopic (exact) mass is 353 g/mol. The van der Waals surface area contributed by atoms with Crippen LogP contribution in [-0.4, -0.2) is 15.8 Å². The van der Waals surface area contributed by atoms with Crippen LogP contribution in [0.25, 0.3) is 17.0 Å². The normalized spacial score (nSPS) is 10.9. The first-order valence-electron chi connectivity index (χ1n) is 7.31. The second-order valence-corrected chi connectivity index (χ2v) is 5.59. The minimum Gasteiger partial charge on any atom is -0.322 e. The van der Waals surface area contributed by atoms with Crippen LogP contribution < -0.4 is 5.32 Å². The summed E-state index contributed by atoms with van der Waals surface area (Å²) in [6.07, 6.45) is 4.23. The molecule has 1 heterocycles. The summed E-state index contributed by atoms with van der Waals surface area (Å²) in [7, 11) is 0. The molecule has 25 heavy (non-hydrogen) atoms. The maximum Gasteiger partial charge on any atom is 0.276 e. The van der Waals surface area contributed by atoms with Crippen LogP contribution in [-0.2, 0) is 4.79 Å². The zero-order valence-corrected chi connectivity index (χ0v) is 13.6. The van der Waals surface area contributed by atoms with Crippen LogP contribution in [0.4, 0.5) is 11.4 Å². The number of aromatic nitrogens is 1. The third-order valence-corrected chi connectivity index (χ3v) is 3.75. The second kappa shape index (κ2) is 7.11. The van der Waals surface area contributed by atoms with E-state index in [1.54, 1.807) is 48.7 Å². The van der Waals surface area contributed by atoms with E-state index in [0.29, 0.717) is 21.8 Å². The van der Waals surface area contributed by atoms with E-state index in [2.05, 4.69) is 10.3 Å². The fraction of sp³-hybridized carbons (Fsp3) is 0. The number of amides is 1. The molecule has 1 N–H and O–H groups in total. The van der Waals surface area contributed by atoms with Gasteiger partial charge in [0.25, 0.3) is 5.69 Å². The number of nitro benzene ring substituents is 1. The van der Waals surface area contributed by atoms with Crippen molar-refractivity contribution < 1.29 is 9.72 Å². The zero-order valence-electron chi connectivity index (χ0n) is 12.8. The number of hydrogen-bond donors (Lipinski definition) is 1. The van der Waals surface area contributed by atoms with E-state index >= 15 is 0 Å². The molecule has 0 saturated carbocycles. The minimum absolute atomic E-state index is 0.0597. The lowest BCUT2D eigenvalue weighted by atomic mass is 10.1. The molecule has 3 rings (SSSR count). The number of anilines is 1. The highest BCUT2D eigenvalue weighted by Gasteiger charge is 2.10. The molecule has 0 spiro atoms. The molecular formula is C18H12ClN3O3. The lowest BCUT2D eigenvalue weighted by molar-refractivity contribution is -0.385. The molecule has 1 aromatic heterocycles. The number of benzene rings is 2. The van der Waals surface area contributed by atoms with E-state index in [0.717, 1.165) is 5.39 Å². The van der Waals surface area contributed by atoms with E-state index in [1.807, 2.05) is 0 Å². The number of fused-ring (bicyclic) bond motifs is 1. The Morgan fingerprint density at radius 2 is 2.00 bits per heavy atom. The molecule has 0 aliphatic rings. The molecule has 1 amide bonds. The fourth-order valence-electron chi connectivity index (χ4n) is 2.36. The van der Waals surface area contributed by atoms with Crippen molar-refractivity contribution in [2.45, 2.75) is 0 Å². The van der Waals surface area contributed by atoms with Crippen molar-refractivity contribution in [1.29, 1.82) is 0 Å². The quantitative estimate of drug-likeness (QED) is 0.426. The summed E-state index contributed by atoms with van der Waals surface area (Å²) in [5, 5.41) is 15.0. The van der Waals surface area contributed by atoms with E-state index in [1.165, 1.54) is 18.2 Å². The standard InChI is InChI=1S/C18H12ClN3O3/c19-13-6-7-14-15(9-10-20-16(14)11-13)21-18(23)8-5-12-3-1-2-4-17(12)22(24)25/h1-11H,(H,20,21,23)/b8-5+. The number of pyridine rings is 1. The summed E-state index contributed by atoms with van der Waals surface area (Å²) in [5.74, 6) is -0.402. The number of rotatable bonds is 4. The molecule has 2 aromatic carbocycles. The van der Waals surface area contributed by atoms with Gasteiger partial charge in [0.1, 0.15) is 0 Å². The van der Waals surface area contributed by atoms with Gasteiger partial charge >= 0.3 is 0 Å². The van der Waals surface area contributed by atoms with Crippen molar-refractivity contribution in [1.82, 2.24) is 4.98 Å². The number of nitrogens with zero attached hydrogens (tertiary/aromatic N) is 2. The molecule has 0 radical (unpaired) electrons. The zero-order chi connectivity index (χ0) is 17.8. The Morgan fingerprint density at radius 1 is 1.20 bits per heavy atom. The Balaban J connectivity index is 1.83. The average Bonchev–Trinajstić information content (AvgIpc) is 2.60. The molecule has 0 fully saturated rings. The van der Waals surface area contributed by atoms with Crippen LogP contribution in [0.3, 0.4) is 0 Å². The van der Waals surface area contributed by atoms with Crippen molar-refractivity contribution in [3.8, 4) is 0 Å². The van der Waals surface area contributed by atoms with Gasteiger partial charge in [0.15, 0.2) is 0 Å². The van der Waals surface area contributed by atoms with Crippen LogP contribution >= 0.6 is 11.6 Å². The number of halogens is 1. The molecule has 0 aliphatic heterocycles. The SMILES string of the molecule is O=C(/C=C/c1ccccc1[N+](=O)[O-])Nc1ccnc2cc(Cl)ccc12. The fourth-order valence-corrected chi connectivity index (χ4v) is 2.53. The molecule has 3 aromatic rings. The summed E-state index contributed by atoms with van der Waals surface area (Å²) in [4.78, 5) is 26.9. The number of carbonyl (C=O) groups is 1. The Labute approximate surface area is 147 Å². The van der Waals surface area contributed by atoms with Gasteiger partial charge in [-0.15, -0.1) is 0 Å². The van der Waals surface area contributed by atoms with Crippen LogP contribution in [0.2, 0.25) is 5.02 Å². The molecule has 0 saturated heterocycles. The van der Waals surface area contributed by atoms with Crippen molar-refractivity contribution >= 4 is 45.9 Å². The molecule has 0 bridgehead atoms. The Hall–Kier alpha value is -3.25. The highest BCUT2D eigenvalue weighted by atomic mass is 35.5. The van der Waals surface area contributed by atoms with Crippen molar-refractivity contribution in [3.05, 3.63) is 81.5 Å². The molecular weight excluding hydrogens is 342 g/mol. The molecule has 6 nitrogen and oxygen atoms in total. The number of hydrogen-bond acceptors (Lipinski definition) is 4. The lowest BCUT2D eigenvalue weighted by Gasteiger charge is -2.06. The summed E-state index contributed by atoms with van der Waals surface area (Å²) in [6, 6.07) is 13.1.